The highest BCUT2D eigenvalue weighted by molar-refractivity contribution is 5.88. The van der Waals surface area contributed by atoms with Crippen molar-refractivity contribution in [2.45, 2.75) is 38.5 Å². The van der Waals surface area contributed by atoms with Gasteiger partial charge in [-0.3, -0.25) is 14.5 Å². The molecule has 0 unspecified atom stereocenters. The topological polar surface area (TPSA) is 73.2 Å². The van der Waals surface area contributed by atoms with Crippen LogP contribution in [0.1, 0.15) is 41.1 Å². The maximum absolute atomic E-state index is 13.9. The molecule has 34 heavy (non-hydrogen) atoms. The van der Waals surface area contributed by atoms with Gasteiger partial charge in [0.2, 0.25) is 5.91 Å². The summed E-state index contributed by atoms with van der Waals surface area (Å²) in [6, 6.07) is 1.76. The molecular formula is C23H20F3N7O. The minimum atomic E-state index is -4.63. The highest BCUT2D eigenvalue weighted by atomic mass is 19.4. The number of amides is 1. The maximum atomic E-state index is 13.9. The van der Waals surface area contributed by atoms with E-state index in [4.69, 9.17) is 6.57 Å². The molecule has 0 saturated carbocycles. The zero-order valence-electron chi connectivity index (χ0n) is 18.5. The molecule has 174 valence electrons. The van der Waals surface area contributed by atoms with Crippen molar-refractivity contribution in [2.24, 2.45) is 7.05 Å². The minimum absolute atomic E-state index is 0.0136. The van der Waals surface area contributed by atoms with Crippen LogP contribution in [0.25, 0.3) is 21.5 Å². The number of carbonyl (C=O) groups excluding carboxylic acids is 1. The van der Waals surface area contributed by atoms with E-state index in [1.807, 2.05) is 0 Å². The lowest BCUT2D eigenvalue weighted by atomic mass is 9.97. The standard InChI is InChI=1S/C23H20F3N7O/c1-27-22-20-13-9-15-14(6-7-17(15)28-10-13)16-11-33(30-21(16)23(24,25)26)8-4-5-19(34)31(2)12-18(20)29-32(22)3/h6,9-11H,4-5,7-8,12H2,2-3H3. The van der Waals surface area contributed by atoms with E-state index in [2.05, 4.69) is 20.0 Å². The minimum Gasteiger partial charge on any atom is -0.362 e. The van der Waals surface area contributed by atoms with E-state index >= 15 is 0 Å². The molecule has 1 amide bonds. The van der Waals surface area contributed by atoms with Crippen LogP contribution >= 0.6 is 0 Å². The highest BCUT2D eigenvalue weighted by Gasteiger charge is 2.39. The maximum Gasteiger partial charge on any atom is 0.435 e. The quantitative estimate of drug-likeness (QED) is 0.469. The second-order valence-electron chi connectivity index (χ2n) is 8.43. The summed E-state index contributed by atoms with van der Waals surface area (Å²) in [5, 5.41) is 8.28. The summed E-state index contributed by atoms with van der Waals surface area (Å²) >= 11 is 0. The van der Waals surface area contributed by atoms with Crippen LogP contribution in [-0.2, 0) is 37.5 Å². The van der Waals surface area contributed by atoms with Gasteiger partial charge < -0.3 is 9.74 Å². The van der Waals surface area contributed by atoms with Gasteiger partial charge in [-0.25, -0.2) is 4.68 Å². The van der Waals surface area contributed by atoms with Gasteiger partial charge in [0, 0.05) is 55.5 Å². The summed E-state index contributed by atoms with van der Waals surface area (Å²) in [5.74, 6) is 0.101. The average Bonchev–Trinajstić information content (AvgIpc) is 3.46. The molecule has 5 rings (SSSR count). The Bertz CT molecular complexity index is 1390. The number of aromatic nitrogens is 5. The highest BCUT2D eigenvalue weighted by Crippen LogP contribution is 2.42. The molecule has 0 saturated heterocycles. The third-order valence-corrected chi connectivity index (χ3v) is 6.15. The summed E-state index contributed by atoms with van der Waals surface area (Å²) in [6.45, 7) is 8.02. The molecule has 1 aliphatic carbocycles. The van der Waals surface area contributed by atoms with Crippen molar-refractivity contribution in [3.05, 3.63) is 64.2 Å². The van der Waals surface area contributed by atoms with Gasteiger partial charge in [0.25, 0.3) is 5.82 Å². The van der Waals surface area contributed by atoms with Gasteiger partial charge >= 0.3 is 6.18 Å². The molecule has 2 aliphatic rings. The zero-order valence-corrected chi connectivity index (χ0v) is 18.5. The summed E-state index contributed by atoms with van der Waals surface area (Å²) in [6.07, 6.45) is 0.984. The van der Waals surface area contributed by atoms with Crippen molar-refractivity contribution in [3.63, 3.8) is 0 Å². The molecule has 1 aliphatic heterocycles. The van der Waals surface area contributed by atoms with Crippen LogP contribution < -0.4 is 0 Å². The number of hydrogen-bond acceptors (Lipinski definition) is 4. The third kappa shape index (κ3) is 3.55. The number of fused-ring (bicyclic) bond motifs is 6. The van der Waals surface area contributed by atoms with Crippen molar-refractivity contribution in [1.29, 1.82) is 0 Å². The van der Waals surface area contributed by atoms with Crippen LogP contribution in [0.4, 0.5) is 19.0 Å². The average molecular weight is 467 g/mol. The van der Waals surface area contributed by atoms with Gasteiger partial charge in [0.05, 0.1) is 19.3 Å². The fourth-order valence-corrected chi connectivity index (χ4v) is 4.53. The summed E-state index contributed by atoms with van der Waals surface area (Å²) < 4.78 is 44.3. The van der Waals surface area contributed by atoms with Crippen molar-refractivity contribution in [3.8, 4) is 11.1 Å². The number of nitrogens with zero attached hydrogens (tertiary/aromatic N) is 7. The van der Waals surface area contributed by atoms with E-state index in [0.717, 1.165) is 0 Å². The van der Waals surface area contributed by atoms with E-state index < -0.39 is 11.9 Å². The van der Waals surface area contributed by atoms with Gasteiger partial charge in [-0.2, -0.15) is 18.3 Å². The molecule has 3 aromatic heterocycles. The SMILES string of the molecule is [C-]#[N+]c1c2c(nn1C)CN(C)C(=O)CCCn1cc(c(C(F)(F)F)n1)C1=CCc3ncc-2cc31. The van der Waals surface area contributed by atoms with Crippen molar-refractivity contribution >= 4 is 17.3 Å². The molecule has 3 aromatic rings. The van der Waals surface area contributed by atoms with E-state index in [0.29, 0.717) is 46.5 Å². The Labute approximate surface area is 193 Å². The number of hydrogen-bond donors (Lipinski definition) is 0. The monoisotopic (exact) mass is 467 g/mol. The lowest BCUT2D eigenvalue weighted by Gasteiger charge is -2.17. The fraction of sp³-hybridized carbons (Fsp3) is 0.348. The summed E-state index contributed by atoms with van der Waals surface area (Å²) in [5.41, 5.74) is 2.31. The van der Waals surface area contributed by atoms with Crippen LogP contribution in [0, 0.1) is 6.57 Å². The van der Waals surface area contributed by atoms with Crippen LogP contribution in [0.3, 0.4) is 0 Å². The van der Waals surface area contributed by atoms with Gasteiger partial charge in [-0.05, 0) is 23.6 Å². The van der Waals surface area contributed by atoms with Crippen molar-refractivity contribution in [1.82, 2.24) is 29.4 Å². The lowest BCUT2D eigenvalue weighted by Crippen LogP contribution is -2.26. The van der Waals surface area contributed by atoms with E-state index in [9.17, 15) is 18.0 Å². The molecule has 0 spiro atoms. The Morgan fingerprint density at radius 3 is 2.68 bits per heavy atom. The van der Waals surface area contributed by atoms with Gasteiger partial charge in [-0.1, -0.05) is 12.6 Å². The van der Waals surface area contributed by atoms with Gasteiger partial charge in [0.1, 0.15) is 5.69 Å². The van der Waals surface area contributed by atoms with Crippen molar-refractivity contribution in [2.75, 3.05) is 7.05 Å². The molecule has 0 radical (unpaired) electrons. The number of carbonyl (C=O) groups is 1. The molecule has 4 heterocycles. The Balaban J connectivity index is 1.74. The smallest absolute Gasteiger partial charge is 0.362 e. The first kappa shape index (κ1) is 21.9. The fourth-order valence-electron chi connectivity index (χ4n) is 4.53. The number of halogens is 3. The number of allylic oxidation sites excluding steroid dienone is 1. The molecule has 4 bridgehead atoms. The van der Waals surface area contributed by atoms with E-state index in [1.165, 1.54) is 20.5 Å². The number of pyridine rings is 1. The predicted octanol–water partition coefficient (Wildman–Crippen LogP) is 3.99. The molecular weight excluding hydrogens is 447 g/mol. The first-order valence-corrected chi connectivity index (χ1v) is 10.7. The van der Waals surface area contributed by atoms with Crippen LogP contribution in [-0.4, -0.2) is 42.4 Å². The first-order chi connectivity index (χ1) is 16.2. The Morgan fingerprint density at radius 1 is 1.15 bits per heavy atom. The van der Waals surface area contributed by atoms with Crippen LogP contribution in [0.5, 0.6) is 0 Å². The molecule has 0 aromatic carbocycles. The van der Waals surface area contributed by atoms with Crippen molar-refractivity contribution < 1.29 is 18.0 Å². The second-order valence-corrected chi connectivity index (χ2v) is 8.43. The molecule has 0 fully saturated rings. The molecule has 8 nitrogen and oxygen atoms in total. The lowest BCUT2D eigenvalue weighted by molar-refractivity contribution is -0.141. The molecule has 0 atom stereocenters. The zero-order chi connectivity index (χ0) is 24.2. The Hall–Kier alpha value is -3.94. The molecule has 0 N–H and O–H groups in total. The largest absolute Gasteiger partial charge is 0.435 e. The second kappa shape index (κ2) is 7.83. The molecule has 11 heteroatoms. The van der Waals surface area contributed by atoms with E-state index in [1.54, 1.807) is 32.4 Å². The van der Waals surface area contributed by atoms with Crippen LogP contribution in [0.15, 0.2) is 24.5 Å². The number of rotatable bonds is 0. The van der Waals surface area contributed by atoms with E-state index in [-0.39, 0.29) is 36.8 Å². The van der Waals surface area contributed by atoms with Gasteiger partial charge in [0.15, 0.2) is 5.69 Å². The first-order valence-electron chi connectivity index (χ1n) is 10.7. The van der Waals surface area contributed by atoms with Gasteiger partial charge in [-0.15, -0.1) is 5.10 Å². The normalized spacial score (nSPS) is 15.9. The van der Waals surface area contributed by atoms with Crippen LogP contribution in [0.2, 0.25) is 0 Å². The Kier molecular flexibility index (Phi) is 5.04. The number of alkyl halides is 3. The summed E-state index contributed by atoms with van der Waals surface area (Å²) in [7, 11) is 3.29. The Morgan fingerprint density at radius 2 is 1.94 bits per heavy atom. The summed E-state index contributed by atoms with van der Waals surface area (Å²) in [4.78, 5) is 22.3. The number of aryl methyl sites for hydroxylation is 2. The third-order valence-electron chi connectivity index (χ3n) is 6.15. The predicted molar refractivity (Wildman–Crippen MR) is 116 cm³/mol.